The summed E-state index contributed by atoms with van der Waals surface area (Å²) in [6.07, 6.45) is 0.722. The molecule has 30 heavy (non-hydrogen) atoms. The minimum Gasteiger partial charge on any atom is -0.465 e. The van der Waals surface area contributed by atoms with Crippen LogP contribution in [-0.2, 0) is 19.6 Å². The number of rotatable bonds is 5. The molecule has 1 fully saturated rings. The number of nitrogens with zero attached hydrogens (tertiary/aromatic N) is 1. The van der Waals surface area contributed by atoms with Crippen molar-refractivity contribution in [2.24, 2.45) is 5.92 Å². The molecule has 0 atom stereocenters. The first-order chi connectivity index (χ1) is 14.2. The van der Waals surface area contributed by atoms with E-state index in [0.717, 1.165) is 0 Å². The van der Waals surface area contributed by atoms with Crippen LogP contribution in [0.15, 0.2) is 47.4 Å². The van der Waals surface area contributed by atoms with E-state index in [1.807, 2.05) is 0 Å². The first-order valence-electron chi connectivity index (χ1n) is 9.17. The van der Waals surface area contributed by atoms with Crippen molar-refractivity contribution in [3.63, 3.8) is 0 Å². The number of carbonyl (C=O) groups is 2. The molecule has 1 aliphatic rings. The average molecular weight is 471 g/mol. The minimum absolute atomic E-state index is 0.0424. The molecule has 2 aromatic rings. The molecule has 0 unspecified atom stereocenters. The predicted octanol–water partition coefficient (Wildman–Crippen LogP) is 3.82. The third-order valence-electron chi connectivity index (χ3n) is 4.89. The van der Waals surface area contributed by atoms with Gasteiger partial charge >= 0.3 is 5.97 Å². The SMILES string of the molecule is COC(=O)c1cccc(NC(=O)C2CCN(S(=O)(=O)c3cc(Cl)ccc3Cl)CC2)c1. The van der Waals surface area contributed by atoms with Crippen molar-refractivity contribution in [2.75, 3.05) is 25.5 Å². The normalized spacial score (nSPS) is 15.6. The van der Waals surface area contributed by atoms with Crippen LogP contribution >= 0.6 is 23.2 Å². The Hall–Kier alpha value is -2.13. The summed E-state index contributed by atoms with van der Waals surface area (Å²) in [6.45, 7) is 0.372. The molecule has 10 heteroatoms. The number of carbonyl (C=O) groups excluding carboxylic acids is 2. The minimum atomic E-state index is -3.81. The van der Waals surface area contributed by atoms with Crippen molar-refractivity contribution in [1.29, 1.82) is 0 Å². The van der Waals surface area contributed by atoms with Gasteiger partial charge in [0.05, 0.1) is 17.7 Å². The van der Waals surface area contributed by atoms with Gasteiger partial charge < -0.3 is 10.1 Å². The van der Waals surface area contributed by atoms with Gasteiger partial charge in [0.15, 0.2) is 0 Å². The Balaban J connectivity index is 1.65. The molecule has 0 radical (unpaired) electrons. The van der Waals surface area contributed by atoms with Gasteiger partial charge in [-0.1, -0.05) is 29.3 Å². The Labute approximate surface area is 185 Å². The zero-order chi connectivity index (χ0) is 21.9. The van der Waals surface area contributed by atoms with Gasteiger partial charge in [0.1, 0.15) is 4.90 Å². The van der Waals surface area contributed by atoms with Gasteiger partial charge in [0.25, 0.3) is 0 Å². The highest BCUT2D eigenvalue weighted by molar-refractivity contribution is 7.89. The molecule has 0 saturated carbocycles. The van der Waals surface area contributed by atoms with Gasteiger partial charge in [0.2, 0.25) is 15.9 Å². The quantitative estimate of drug-likeness (QED) is 0.670. The number of methoxy groups -OCH3 is 1. The average Bonchev–Trinajstić information content (AvgIpc) is 2.75. The maximum absolute atomic E-state index is 12.9. The van der Waals surface area contributed by atoms with Crippen molar-refractivity contribution in [3.05, 3.63) is 58.1 Å². The van der Waals surface area contributed by atoms with E-state index in [2.05, 4.69) is 10.1 Å². The summed E-state index contributed by atoms with van der Waals surface area (Å²) in [4.78, 5) is 24.2. The smallest absolute Gasteiger partial charge is 0.337 e. The number of benzene rings is 2. The second kappa shape index (κ2) is 9.34. The highest BCUT2D eigenvalue weighted by Crippen LogP contribution is 2.30. The Kier molecular flexibility index (Phi) is 7.02. The summed E-state index contributed by atoms with van der Waals surface area (Å²) < 4.78 is 31.8. The molecule has 0 spiro atoms. The van der Waals surface area contributed by atoms with Gasteiger partial charge in [-0.3, -0.25) is 4.79 Å². The van der Waals surface area contributed by atoms with Gasteiger partial charge in [-0.05, 0) is 49.2 Å². The lowest BCUT2D eigenvalue weighted by atomic mass is 9.97. The standard InChI is InChI=1S/C20H20Cl2N2O5S/c1-29-20(26)14-3-2-4-16(11-14)23-19(25)13-7-9-24(10-8-13)30(27,28)18-12-15(21)5-6-17(18)22/h2-6,11-13H,7-10H2,1H3,(H,23,25). The van der Waals surface area contributed by atoms with E-state index in [9.17, 15) is 18.0 Å². The molecule has 1 saturated heterocycles. The van der Waals surface area contributed by atoms with Gasteiger partial charge in [-0.2, -0.15) is 4.31 Å². The van der Waals surface area contributed by atoms with Crippen LogP contribution in [0.4, 0.5) is 5.69 Å². The van der Waals surface area contributed by atoms with Gasteiger partial charge in [0, 0.05) is 29.7 Å². The molecule has 1 amide bonds. The molecular weight excluding hydrogens is 451 g/mol. The lowest BCUT2D eigenvalue weighted by molar-refractivity contribution is -0.120. The van der Waals surface area contributed by atoms with Crippen LogP contribution in [0.25, 0.3) is 0 Å². The molecule has 1 N–H and O–H groups in total. The monoisotopic (exact) mass is 470 g/mol. The molecule has 1 aliphatic heterocycles. The fourth-order valence-corrected chi connectivity index (χ4v) is 5.47. The van der Waals surface area contributed by atoms with E-state index in [-0.39, 0.29) is 39.9 Å². The molecule has 7 nitrogen and oxygen atoms in total. The second-order valence-electron chi connectivity index (χ2n) is 6.81. The van der Waals surface area contributed by atoms with Crippen molar-refractivity contribution < 1.29 is 22.7 Å². The zero-order valence-corrected chi connectivity index (χ0v) is 18.4. The van der Waals surface area contributed by atoms with Crippen LogP contribution in [0.3, 0.4) is 0 Å². The second-order valence-corrected chi connectivity index (χ2v) is 9.56. The molecule has 2 aromatic carbocycles. The molecule has 3 rings (SSSR count). The predicted molar refractivity (Wildman–Crippen MR) is 114 cm³/mol. The Bertz CT molecular complexity index is 1070. The maximum Gasteiger partial charge on any atom is 0.337 e. The summed E-state index contributed by atoms with van der Waals surface area (Å²) in [5.41, 5.74) is 0.804. The maximum atomic E-state index is 12.9. The van der Waals surface area contributed by atoms with E-state index in [0.29, 0.717) is 24.1 Å². The van der Waals surface area contributed by atoms with Gasteiger partial charge in [-0.25, -0.2) is 13.2 Å². The third-order valence-corrected chi connectivity index (χ3v) is 7.50. The van der Waals surface area contributed by atoms with Crippen LogP contribution < -0.4 is 5.32 Å². The number of ether oxygens (including phenoxy) is 1. The van der Waals surface area contributed by atoms with E-state index in [1.54, 1.807) is 18.2 Å². The summed E-state index contributed by atoms with van der Waals surface area (Å²) >= 11 is 12.0. The molecular formula is C20H20Cl2N2O5S. The highest BCUT2D eigenvalue weighted by atomic mass is 35.5. The number of hydrogen-bond acceptors (Lipinski definition) is 5. The Morgan fingerprint density at radius 3 is 2.47 bits per heavy atom. The van der Waals surface area contributed by atoms with Crippen molar-refractivity contribution in [3.8, 4) is 0 Å². The number of nitrogens with one attached hydrogen (secondary N) is 1. The number of halogens is 2. The lowest BCUT2D eigenvalue weighted by Gasteiger charge is -2.30. The molecule has 160 valence electrons. The topological polar surface area (TPSA) is 92.8 Å². The van der Waals surface area contributed by atoms with Crippen LogP contribution in [-0.4, -0.2) is 44.8 Å². The summed E-state index contributed by atoms with van der Waals surface area (Å²) in [6, 6.07) is 10.7. The highest BCUT2D eigenvalue weighted by Gasteiger charge is 2.33. The van der Waals surface area contributed by atoms with Crippen molar-refractivity contribution in [2.45, 2.75) is 17.7 Å². The van der Waals surface area contributed by atoms with E-state index >= 15 is 0 Å². The largest absolute Gasteiger partial charge is 0.465 e. The number of anilines is 1. The fourth-order valence-electron chi connectivity index (χ4n) is 3.26. The molecule has 0 aromatic heterocycles. The summed E-state index contributed by atoms with van der Waals surface area (Å²) in [5, 5.41) is 3.16. The molecule has 0 bridgehead atoms. The number of piperidine rings is 1. The lowest BCUT2D eigenvalue weighted by Crippen LogP contribution is -2.41. The summed E-state index contributed by atoms with van der Waals surface area (Å²) in [7, 11) is -2.52. The van der Waals surface area contributed by atoms with Crippen molar-refractivity contribution >= 4 is 50.8 Å². The van der Waals surface area contributed by atoms with Gasteiger partial charge in [-0.15, -0.1) is 0 Å². The summed E-state index contributed by atoms with van der Waals surface area (Å²) in [5.74, 6) is -1.08. The first-order valence-corrected chi connectivity index (χ1v) is 11.4. The van der Waals surface area contributed by atoms with Crippen LogP contribution in [0.5, 0.6) is 0 Å². The fraction of sp³-hybridized carbons (Fsp3) is 0.300. The van der Waals surface area contributed by atoms with Crippen LogP contribution in [0.2, 0.25) is 10.0 Å². The molecule has 0 aliphatic carbocycles. The van der Waals surface area contributed by atoms with Crippen molar-refractivity contribution in [1.82, 2.24) is 4.31 Å². The number of hydrogen-bond donors (Lipinski definition) is 1. The first kappa shape index (κ1) is 22.6. The van der Waals surface area contributed by atoms with E-state index in [4.69, 9.17) is 23.2 Å². The third kappa shape index (κ3) is 4.95. The Morgan fingerprint density at radius 2 is 1.80 bits per heavy atom. The zero-order valence-electron chi connectivity index (χ0n) is 16.1. The number of esters is 1. The Morgan fingerprint density at radius 1 is 1.10 bits per heavy atom. The van der Waals surface area contributed by atoms with Crippen LogP contribution in [0, 0.1) is 5.92 Å². The van der Waals surface area contributed by atoms with E-state index in [1.165, 1.54) is 35.7 Å². The van der Waals surface area contributed by atoms with E-state index < -0.39 is 16.0 Å². The van der Waals surface area contributed by atoms with Crippen LogP contribution in [0.1, 0.15) is 23.2 Å². The molecule has 1 heterocycles. The number of amides is 1. The number of sulfonamides is 1.